The highest BCUT2D eigenvalue weighted by molar-refractivity contribution is 5.72. The molecule has 0 N–H and O–H groups in total. The van der Waals surface area contributed by atoms with Crippen molar-refractivity contribution < 1.29 is 33.3 Å². The molecule has 1 aromatic carbocycles. The van der Waals surface area contributed by atoms with Crippen molar-refractivity contribution in [3.05, 3.63) is 59.9 Å². The highest BCUT2D eigenvalue weighted by Gasteiger charge is 1.97. The van der Waals surface area contributed by atoms with Crippen LogP contribution >= 0.6 is 0 Å². The van der Waals surface area contributed by atoms with Gasteiger partial charge in [0.2, 0.25) is 0 Å². The molecule has 0 saturated carbocycles. The van der Waals surface area contributed by atoms with Crippen LogP contribution in [0.2, 0.25) is 0 Å². The summed E-state index contributed by atoms with van der Waals surface area (Å²) < 4.78 is 7.31. The normalized spacial score (nSPS) is 10.1. The zero-order valence-corrected chi connectivity index (χ0v) is 12.7. The SMILES string of the molecule is COc1ccccc1/C=C/c1cc[n+](C)cc1.[I-]. The highest BCUT2D eigenvalue weighted by atomic mass is 127. The van der Waals surface area contributed by atoms with E-state index in [-0.39, 0.29) is 24.0 Å². The molecular weight excluding hydrogens is 337 g/mol. The molecule has 0 unspecified atom stereocenters. The molecule has 0 radical (unpaired) electrons. The predicted molar refractivity (Wildman–Crippen MR) is 69.5 cm³/mol. The van der Waals surface area contributed by atoms with Gasteiger partial charge < -0.3 is 28.7 Å². The van der Waals surface area contributed by atoms with E-state index in [4.69, 9.17) is 4.74 Å². The second-order valence-electron chi connectivity index (χ2n) is 3.87. The van der Waals surface area contributed by atoms with E-state index in [0.29, 0.717) is 0 Å². The largest absolute Gasteiger partial charge is 1.00 e. The maximum Gasteiger partial charge on any atom is 0.169 e. The molecule has 0 atom stereocenters. The number of benzene rings is 1. The van der Waals surface area contributed by atoms with Crippen LogP contribution in [0.25, 0.3) is 12.2 Å². The maximum absolute atomic E-state index is 5.30. The monoisotopic (exact) mass is 353 g/mol. The molecule has 0 aliphatic carbocycles. The minimum Gasteiger partial charge on any atom is -1.00 e. The molecule has 0 saturated heterocycles. The average molecular weight is 353 g/mol. The number of aromatic nitrogens is 1. The van der Waals surface area contributed by atoms with Crippen LogP contribution in [0.1, 0.15) is 11.1 Å². The first-order valence-corrected chi connectivity index (χ1v) is 5.56. The zero-order valence-electron chi connectivity index (χ0n) is 10.5. The van der Waals surface area contributed by atoms with Gasteiger partial charge in [-0.05, 0) is 11.6 Å². The second-order valence-corrected chi connectivity index (χ2v) is 3.87. The summed E-state index contributed by atoms with van der Waals surface area (Å²) in [6.45, 7) is 0. The van der Waals surface area contributed by atoms with Crippen molar-refractivity contribution in [2.24, 2.45) is 7.05 Å². The van der Waals surface area contributed by atoms with E-state index >= 15 is 0 Å². The lowest BCUT2D eigenvalue weighted by Crippen LogP contribution is -3.00. The minimum absolute atomic E-state index is 0. The predicted octanol–water partition coefficient (Wildman–Crippen LogP) is -0.306. The number of halogens is 1. The van der Waals surface area contributed by atoms with Crippen molar-refractivity contribution in [1.82, 2.24) is 0 Å². The van der Waals surface area contributed by atoms with Gasteiger partial charge in [0.05, 0.1) is 7.11 Å². The number of hydrogen-bond acceptors (Lipinski definition) is 1. The zero-order chi connectivity index (χ0) is 12.1. The van der Waals surface area contributed by atoms with Crippen LogP contribution < -0.4 is 33.3 Å². The van der Waals surface area contributed by atoms with Crippen molar-refractivity contribution in [1.29, 1.82) is 0 Å². The van der Waals surface area contributed by atoms with Gasteiger partial charge in [0.25, 0.3) is 0 Å². The third-order valence-corrected chi connectivity index (χ3v) is 2.60. The molecule has 0 aliphatic rings. The summed E-state index contributed by atoms with van der Waals surface area (Å²) in [5.74, 6) is 0.894. The number of methoxy groups -OCH3 is 1. The van der Waals surface area contributed by atoms with E-state index in [1.54, 1.807) is 7.11 Å². The van der Waals surface area contributed by atoms with Gasteiger partial charge in [0.15, 0.2) is 12.4 Å². The first kappa shape index (κ1) is 14.7. The Balaban J connectivity index is 0.00000162. The smallest absolute Gasteiger partial charge is 0.169 e. The third-order valence-electron chi connectivity index (χ3n) is 2.60. The Kier molecular flexibility index (Phi) is 5.85. The molecule has 0 amide bonds. The van der Waals surface area contributed by atoms with Gasteiger partial charge in [-0.25, -0.2) is 4.57 Å². The van der Waals surface area contributed by atoms with Crippen LogP contribution in [0.5, 0.6) is 5.75 Å². The second kappa shape index (κ2) is 7.16. The number of rotatable bonds is 3. The van der Waals surface area contributed by atoms with E-state index < -0.39 is 0 Å². The van der Waals surface area contributed by atoms with Gasteiger partial charge in [-0.2, -0.15) is 0 Å². The summed E-state index contributed by atoms with van der Waals surface area (Å²) >= 11 is 0. The molecule has 1 heterocycles. The number of aryl methyl sites for hydroxylation is 1. The summed E-state index contributed by atoms with van der Waals surface area (Å²) in [5, 5.41) is 0. The van der Waals surface area contributed by atoms with E-state index in [0.717, 1.165) is 11.3 Å². The molecular formula is C15H16INO. The molecule has 18 heavy (non-hydrogen) atoms. The fraction of sp³-hybridized carbons (Fsp3) is 0.133. The van der Waals surface area contributed by atoms with Crippen LogP contribution in [0.4, 0.5) is 0 Å². The van der Waals surface area contributed by atoms with Crippen molar-refractivity contribution in [3.63, 3.8) is 0 Å². The molecule has 94 valence electrons. The molecule has 0 aliphatic heterocycles. The minimum atomic E-state index is 0. The van der Waals surface area contributed by atoms with Crippen LogP contribution in [-0.4, -0.2) is 7.11 Å². The maximum atomic E-state index is 5.30. The number of hydrogen-bond donors (Lipinski definition) is 0. The third kappa shape index (κ3) is 3.84. The van der Waals surface area contributed by atoms with Gasteiger partial charge in [0.1, 0.15) is 12.8 Å². The molecule has 1 aromatic heterocycles. The van der Waals surface area contributed by atoms with E-state index in [1.165, 1.54) is 5.56 Å². The Morgan fingerprint density at radius 1 is 1.00 bits per heavy atom. The van der Waals surface area contributed by atoms with Gasteiger partial charge in [0, 0.05) is 17.7 Å². The topological polar surface area (TPSA) is 13.1 Å². The first-order chi connectivity index (χ1) is 8.29. The van der Waals surface area contributed by atoms with Crippen molar-refractivity contribution >= 4 is 12.2 Å². The number of para-hydroxylation sites is 1. The van der Waals surface area contributed by atoms with Crippen molar-refractivity contribution in [2.75, 3.05) is 7.11 Å². The van der Waals surface area contributed by atoms with Crippen LogP contribution in [0.3, 0.4) is 0 Å². The lowest BCUT2D eigenvalue weighted by atomic mass is 10.1. The fourth-order valence-corrected chi connectivity index (χ4v) is 1.61. The Labute approximate surface area is 125 Å². The lowest BCUT2D eigenvalue weighted by molar-refractivity contribution is -0.671. The first-order valence-electron chi connectivity index (χ1n) is 5.56. The summed E-state index contributed by atoms with van der Waals surface area (Å²) in [7, 11) is 3.70. The van der Waals surface area contributed by atoms with Crippen molar-refractivity contribution in [3.8, 4) is 5.75 Å². The van der Waals surface area contributed by atoms with E-state index in [9.17, 15) is 0 Å². The molecule has 0 spiro atoms. The number of ether oxygens (including phenoxy) is 1. The lowest BCUT2D eigenvalue weighted by Gasteiger charge is -2.03. The fourth-order valence-electron chi connectivity index (χ4n) is 1.61. The molecule has 2 aromatic rings. The van der Waals surface area contributed by atoms with Gasteiger partial charge in [-0.15, -0.1) is 0 Å². The number of nitrogens with zero attached hydrogens (tertiary/aromatic N) is 1. The summed E-state index contributed by atoms with van der Waals surface area (Å²) in [6, 6.07) is 12.1. The van der Waals surface area contributed by atoms with Gasteiger partial charge in [-0.3, -0.25) is 0 Å². The summed E-state index contributed by atoms with van der Waals surface area (Å²) in [6.07, 6.45) is 8.20. The Hall–Kier alpha value is -1.36. The molecule has 2 rings (SSSR count). The van der Waals surface area contributed by atoms with E-state index in [1.807, 2.05) is 48.3 Å². The van der Waals surface area contributed by atoms with Gasteiger partial charge >= 0.3 is 0 Å². The van der Waals surface area contributed by atoms with Crippen LogP contribution in [0.15, 0.2) is 48.8 Å². The molecule has 0 fully saturated rings. The molecule has 2 nitrogen and oxygen atoms in total. The summed E-state index contributed by atoms with van der Waals surface area (Å²) in [4.78, 5) is 0. The van der Waals surface area contributed by atoms with Crippen LogP contribution in [-0.2, 0) is 7.05 Å². The van der Waals surface area contributed by atoms with Crippen molar-refractivity contribution in [2.45, 2.75) is 0 Å². The molecule has 0 bridgehead atoms. The van der Waals surface area contributed by atoms with Crippen LogP contribution in [0, 0.1) is 0 Å². The Morgan fingerprint density at radius 3 is 2.33 bits per heavy atom. The average Bonchev–Trinajstić information content (AvgIpc) is 2.38. The standard InChI is InChI=1S/C15H16NO.HI/c1-16-11-9-13(10-12-16)7-8-14-5-3-4-6-15(14)17-2;/h3-12H,1-2H3;1H/q+1;/p-1/b8-7+;. The Morgan fingerprint density at radius 2 is 1.67 bits per heavy atom. The Bertz CT molecular complexity index is 520. The quantitative estimate of drug-likeness (QED) is 0.545. The summed E-state index contributed by atoms with van der Waals surface area (Å²) in [5.41, 5.74) is 2.26. The van der Waals surface area contributed by atoms with Gasteiger partial charge in [-0.1, -0.05) is 30.4 Å². The number of pyridine rings is 1. The highest BCUT2D eigenvalue weighted by Crippen LogP contribution is 2.19. The van der Waals surface area contributed by atoms with E-state index in [2.05, 4.69) is 24.3 Å². The molecule has 3 heteroatoms.